The summed E-state index contributed by atoms with van der Waals surface area (Å²) in [6, 6.07) is 14.8. The van der Waals surface area contributed by atoms with Crippen LogP contribution >= 0.6 is 11.6 Å². The smallest absolute Gasteiger partial charge is 0.321 e. The fourth-order valence-electron chi connectivity index (χ4n) is 3.53. The lowest BCUT2D eigenvalue weighted by Crippen LogP contribution is -2.52. The molecule has 28 heavy (non-hydrogen) atoms. The Balaban J connectivity index is 1.60. The molecule has 2 N–H and O–H groups in total. The van der Waals surface area contributed by atoms with Gasteiger partial charge in [-0.05, 0) is 62.1 Å². The number of halogens is 1. The summed E-state index contributed by atoms with van der Waals surface area (Å²) < 4.78 is 0. The predicted molar refractivity (Wildman–Crippen MR) is 112 cm³/mol. The highest BCUT2D eigenvalue weighted by Crippen LogP contribution is 2.30. The number of hydrogen-bond acceptors (Lipinski definition) is 2. The Morgan fingerprint density at radius 1 is 1.14 bits per heavy atom. The third-order valence-corrected chi connectivity index (χ3v) is 5.58. The first-order chi connectivity index (χ1) is 13.4. The highest BCUT2D eigenvalue weighted by Gasteiger charge is 2.39. The number of carbonyl (C=O) groups is 2. The van der Waals surface area contributed by atoms with Gasteiger partial charge < -0.3 is 15.5 Å². The second kappa shape index (κ2) is 8.65. The highest BCUT2D eigenvalue weighted by molar-refractivity contribution is 6.30. The van der Waals surface area contributed by atoms with Gasteiger partial charge in [0.1, 0.15) is 0 Å². The molecule has 1 aliphatic heterocycles. The van der Waals surface area contributed by atoms with E-state index in [2.05, 4.69) is 10.6 Å². The molecule has 0 saturated carbocycles. The average Bonchev–Trinajstić information content (AvgIpc) is 2.69. The monoisotopic (exact) mass is 399 g/mol. The molecular formula is C22H26ClN3O2. The van der Waals surface area contributed by atoms with E-state index in [1.807, 2.05) is 38.1 Å². The first-order valence-electron chi connectivity index (χ1n) is 9.52. The van der Waals surface area contributed by atoms with Gasteiger partial charge in [-0.15, -0.1) is 0 Å². The second-order valence-electron chi connectivity index (χ2n) is 7.63. The number of benzene rings is 2. The maximum absolute atomic E-state index is 12.9. The summed E-state index contributed by atoms with van der Waals surface area (Å²) in [7, 11) is 0. The van der Waals surface area contributed by atoms with Crippen molar-refractivity contribution in [1.82, 2.24) is 10.2 Å². The lowest BCUT2D eigenvalue weighted by Gasteiger charge is -2.39. The Bertz CT molecular complexity index is 853. The molecule has 0 aliphatic carbocycles. The zero-order chi connectivity index (χ0) is 20.1. The number of hydrogen-bond donors (Lipinski definition) is 2. The molecule has 1 aliphatic rings. The molecule has 5 nitrogen and oxygen atoms in total. The Labute approximate surface area is 171 Å². The van der Waals surface area contributed by atoms with Crippen molar-refractivity contribution in [3.8, 4) is 0 Å². The summed E-state index contributed by atoms with van der Waals surface area (Å²) in [5, 5.41) is 6.55. The average molecular weight is 400 g/mol. The molecule has 0 aromatic heterocycles. The minimum atomic E-state index is -0.599. The molecule has 2 aromatic rings. The van der Waals surface area contributed by atoms with Crippen LogP contribution < -0.4 is 10.6 Å². The summed E-state index contributed by atoms with van der Waals surface area (Å²) in [6.45, 7) is 5.50. The van der Waals surface area contributed by atoms with Crippen LogP contribution in [0.15, 0.2) is 48.5 Å². The lowest BCUT2D eigenvalue weighted by atomic mass is 9.81. The van der Waals surface area contributed by atoms with Gasteiger partial charge in [-0.25, -0.2) is 4.79 Å². The predicted octanol–water partition coefficient (Wildman–Crippen LogP) is 4.60. The topological polar surface area (TPSA) is 61.4 Å². The molecule has 1 saturated heterocycles. The number of piperidine rings is 1. The highest BCUT2D eigenvalue weighted by atomic mass is 35.5. The summed E-state index contributed by atoms with van der Waals surface area (Å²) in [5.41, 5.74) is 2.34. The summed E-state index contributed by atoms with van der Waals surface area (Å²) >= 11 is 5.89. The summed E-state index contributed by atoms with van der Waals surface area (Å²) in [5.74, 6) is -0.0141. The van der Waals surface area contributed by atoms with Crippen molar-refractivity contribution in [3.05, 3.63) is 64.7 Å². The zero-order valence-electron chi connectivity index (χ0n) is 16.3. The van der Waals surface area contributed by atoms with E-state index in [0.29, 0.717) is 30.3 Å². The van der Waals surface area contributed by atoms with Crippen LogP contribution in [-0.2, 0) is 11.3 Å². The van der Waals surface area contributed by atoms with E-state index in [4.69, 9.17) is 11.6 Å². The van der Waals surface area contributed by atoms with E-state index < -0.39 is 5.41 Å². The van der Waals surface area contributed by atoms with Gasteiger partial charge in [0.15, 0.2) is 0 Å². The Morgan fingerprint density at radius 3 is 2.57 bits per heavy atom. The van der Waals surface area contributed by atoms with Crippen molar-refractivity contribution < 1.29 is 9.59 Å². The minimum absolute atomic E-state index is 0.0141. The maximum Gasteiger partial charge on any atom is 0.321 e. The van der Waals surface area contributed by atoms with Crippen LogP contribution in [0.5, 0.6) is 0 Å². The largest absolute Gasteiger partial charge is 0.351 e. The number of nitrogens with zero attached hydrogens (tertiary/aromatic N) is 1. The number of aryl methyl sites for hydroxylation is 1. The minimum Gasteiger partial charge on any atom is -0.351 e. The normalized spacial score (nSPS) is 19.2. The molecule has 1 fully saturated rings. The van der Waals surface area contributed by atoms with Gasteiger partial charge in [-0.2, -0.15) is 0 Å². The van der Waals surface area contributed by atoms with Gasteiger partial charge >= 0.3 is 6.03 Å². The SMILES string of the molecule is Cc1ccccc1CNC(=O)[C@@]1(C)CCCN(C(=O)Nc2ccc(Cl)cc2)C1. The van der Waals surface area contributed by atoms with E-state index in [9.17, 15) is 9.59 Å². The molecule has 0 bridgehead atoms. The van der Waals surface area contributed by atoms with E-state index >= 15 is 0 Å². The number of urea groups is 1. The third-order valence-electron chi connectivity index (χ3n) is 5.33. The van der Waals surface area contributed by atoms with Gasteiger partial charge in [0, 0.05) is 30.3 Å². The Morgan fingerprint density at radius 2 is 1.86 bits per heavy atom. The number of nitrogens with one attached hydrogen (secondary N) is 2. The number of likely N-dealkylation sites (tertiary alicyclic amines) is 1. The van der Waals surface area contributed by atoms with Gasteiger partial charge in [-0.1, -0.05) is 35.9 Å². The first kappa shape index (κ1) is 20.2. The fraction of sp³-hybridized carbons (Fsp3) is 0.364. The maximum atomic E-state index is 12.9. The molecule has 0 unspecified atom stereocenters. The second-order valence-corrected chi connectivity index (χ2v) is 8.07. The number of carbonyl (C=O) groups excluding carboxylic acids is 2. The molecular weight excluding hydrogens is 374 g/mol. The van der Waals surface area contributed by atoms with Crippen LogP contribution in [-0.4, -0.2) is 29.9 Å². The van der Waals surface area contributed by atoms with Crippen LogP contribution in [0.4, 0.5) is 10.5 Å². The van der Waals surface area contributed by atoms with Crippen LogP contribution in [0.3, 0.4) is 0 Å². The van der Waals surface area contributed by atoms with Gasteiger partial charge in [0.2, 0.25) is 5.91 Å². The quantitative estimate of drug-likeness (QED) is 0.789. The van der Waals surface area contributed by atoms with Crippen molar-refractivity contribution in [2.24, 2.45) is 5.41 Å². The molecule has 0 spiro atoms. The van der Waals surface area contributed by atoms with Crippen molar-refractivity contribution in [3.63, 3.8) is 0 Å². The number of rotatable bonds is 4. The number of amides is 3. The molecule has 148 valence electrons. The molecule has 2 aromatic carbocycles. The molecule has 1 heterocycles. The van der Waals surface area contributed by atoms with E-state index in [1.54, 1.807) is 29.2 Å². The molecule has 0 radical (unpaired) electrons. The van der Waals surface area contributed by atoms with Crippen molar-refractivity contribution in [2.45, 2.75) is 33.2 Å². The van der Waals surface area contributed by atoms with Crippen LogP contribution in [0.1, 0.15) is 30.9 Å². The summed E-state index contributed by atoms with van der Waals surface area (Å²) in [6.07, 6.45) is 1.56. The summed E-state index contributed by atoms with van der Waals surface area (Å²) in [4.78, 5) is 27.2. The Kier molecular flexibility index (Phi) is 6.25. The van der Waals surface area contributed by atoms with Gasteiger partial charge in [0.25, 0.3) is 0 Å². The number of anilines is 1. The molecule has 1 atom stereocenters. The van der Waals surface area contributed by atoms with Crippen LogP contribution in [0.2, 0.25) is 5.02 Å². The van der Waals surface area contributed by atoms with Gasteiger partial charge in [-0.3, -0.25) is 4.79 Å². The van der Waals surface area contributed by atoms with Gasteiger partial charge in [0.05, 0.1) is 5.41 Å². The first-order valence-corrected chi connectivity index (χ1v) is 9.89. The molecule has 3 rings (SSSR count). The van der Waals surface area contributed by atoms with E-state index in [1.165, 1.54) is 0 Å². The fourth-order valence-corrected chi connectivity index (χ4v) is 3.66. The van der Waals surface area contributed by atoms with E-state index in [-0.39, 0.29) is 11.9 Å². The third kappa shape index (κ3) is 4.84. The van der Waals surface area contributed by atoms with Crippen molar-refractivity contribution >= 4 is 29.2 Å². The van der Waals surface area contributed by atoms with Crippen molar-refractivity contribution in [2.75, 3.05) is 18.4 Å². The lowest BCUT2D eigenvalue weighted by molar-refractivity contribution is -0.132. The molecule has 6 heteroatoms. The van der Waals surface area contributed by atoms with E-state index in [0.717, 1.165) is 24.0 Å². The standard InChI is InChI=1S/C22H26ClN3O2/c1-16-6-3-4-7-17(16)14-24-20(27)22(2)12-5-13-26(15-22)21(28)25-19-10-8-18(23)9-11-19/h3-4,6-11H,5,12-15H2,1-2H3,(H,24,27)(H,25,28)/t22-/m0/s1. The Hall–Kier alpha value is -2.53. The van der Waals surface area contributed by atoms with Crippen molar-refractivity contribution in [1.29, 1.82) is 0 Å². The van der Waals surface area contributed by atoms with Crippen LogP contribution in [0, 0.1) is 12.3 Å². The van der Waals surface area contributed by atoms with Crippen LogP contribution in [0.25, 0.3) is 0 Å². The molecule has 3 amide bonds. The zero-order valence-corrected chi connectivity index (χ0v) is 17.1.